The lowest BCUT2D eigenvalue weighted by Crippen LogP contribution is -2.15. The van der Waals surface area contributed by atoms with Crippen molar-refractivity contribution in [3.63, 3.8) is 0 Å². The molecule has 1 aromatic carbocycles. The zero-order valence-corrected chi connectivity index (χ0v) is 16.4. The summed E-state index contributed by atoms with van der Waals surface area (Å²) >= 11 is 14.1. The predicted molar refractivity (Wildman–Crippen MR) is 103 cm³/mol. The number of hydrogen-bond donors (Lipinski definition) is 0. The van der Waals surface area contributed by atoms with Crippen molar-refractivity contribution in [2.75, 3.05) is 5.75 Å². The molecule has 1 aromatic heterocycles. The van der Waals surface area contributed by atoms with Crippen LogP contribution >= 0.6 is 35.0 Å². The van der Waals surface area contributed by atoms with E-state index < -0.39 is 0 Å². The lowest BCUT2D eigenvalue weighted by atomic mass is 9.95. The average molecular weight is 395 g/mol. The number of nitrogens with zero attached hydrogens (tertiary/aromatic N) is 4. The number of aromatic nitrogens is 3. The number of halogens is 2. The van der Waals surface area contributed by atoms with Crippen molar-refractivity contribution in [3.8, 4) is 17.5 Å². The Morgan fingerprint density at radius 1 is 1.28 bits per heavy atom. The summed E-state index contributed by atoms with van der Waals surface area (Å²) in [5.41, 5.74) is 0.851. The second-order valence-corrected chi connectivity index (χ2v) is 8.26. The Bertz CT molecular complexity index is 778. The highest BCUT2D eigenvalue weighted by molar-refractivity contribution is 7.99. The molecule has 0 spiro atoms. The van der Waals surface area contributed by atoms with E-state index in [0.717, 1.165) is 29.4 Å². The Kier molecular flexibility index (Phi) is 6.27. The van der Waals surface area contributed by atoms with E-state index in [2.05, 4.69) is 20.8 Å². The van der Waals surface area contributed by atoms with Crippen LogP contribution in [0, 0.1) is 17.2 Å². The molecule has 3 rings (SSSR count). The van der Waals surface area contributed by atoms with Gasteiger partial charge in [0.2, 0.25) is 0 Å². The summed E-state index contributed by atoms with van der Waals surface area (Å²) in [5, 5.41) is 19.9. The highest BCUT2D eigenvalue weighted by atomic mass is 35.5. The van der Waals surface area contributed by atoms with E-state index in [9.17, 15) is 0 Å². The average Bonchev–Trinajstić information content (AvgIpc) is 3.04. The molecule has 1 saturated carbocycles. The fourth-order valence-corrected chi connectivity index (χ4v) is 4.57. The van der Waals surface area contributed by atoms with E-state index in [1.807, 2.05) is 19.1 Å². The van der Waals surface area contributed by atoms with Crippen LogP contribution in [0.1, 0.15) is 45.1 Å². The smallest absolute Gasteiger partial charge is 0.191 e. The summed E-state index contributed by atoms with van der Waals surface area (Å²) in [7, 11) is 0. The van der Waals surface area contributed by atoms with Crippen LogP contribution in [0.25, 0.3) is 11.4 Å². The molecule has 0 bridgehead atoms. The second-order valence-electron chi connectivity index (χ2n) is 6.43. The molecule has 0 N–H and O–H groups in total. The molecule has 7 heteroatoms. The molecule has 25 heavy (non-hydrogen) atoms. The molecular formula is C18H20Cl2N4S. The third-order valence-corrected chi connectivity index (χ3v) is 6.21. The molecule has 4 nitrogen and oxygen atoms in total. The van der Waals surface area contributed by atoms with Crippen molar-refractivity contribution in [1.29, 1.82) is 5.26 Å². The van der Waals surface area contributed by atoms with Gasteiger partial charge in [0.15, 0.2) is 11.0 Å². The summed E-state index contributed by atoms with van der Waals surface area (Å²) in [6, 6.07) is 8.12. The maximum Gasteiger partial charge on any atom is 0.191 e. The number of benzene rings is 1. The van der Waals surface area contributed by atoms with Crippen LogP contribution in [0.2, 0.25) is 10.0 Å². The summed E-state index contributed by atoms with van der Waals surface area (Å²) in [5.74, 6) is 1.47. The van der Waals surface area contributed by atoms with Gasteiger partial charge in [0.1, 0.15) is 0 Å². The van der Waals surface area contributed by atoms with Crippen LogP contribution in [-0.4, -0.2) is 20.5 Å². The minimum atomic E-state index is -0.0240. The van der Waals surface area contributed by atoms with Gasteiger partial charge in [-0.1, -0.05) is 54.2 Å². The van der Waals surface area contributed by atoms with Gasteiger partial charge in [0.25, 0.3) is 0 Å². The largest absolute Gasteiger partial charge is 0.299 e. The van der Waals surface area contributed by atoms with Crippen LogP contribution < -0.4 is 0 Å². The Morgan fingerprint density at radius 3 is 2.72 bits per heavy atom. The van der Waals surface area contributed by atoms with E-state index in [-0.39, 0.29) is 5.92 Å². The maximum atomic E-state index is 9.04. The maximum absolute atomic E-state index is 9.04. The summed E-state index contributed by atoms with van der Waals surface area (Å²) in [6.07, 6.45) is 5.96. The number of hydrogen-bond acceptors (Lipinski definition) is 4. The van der Waals surface area contributed by atoms with Gasteiger partial charge in [-0.25, -0.2) is 0 Å². The Morgan fingerprint density at radius 2 is 2.04 bits per heavy atom. The first kappa shape index (κ1) is 18.6. The van der Waals surface area contributed by atoms with Crippen LogP contribution in [0.3, 0.4) is 0 Å². The molecule has 2 aromatic rings. The van der Waals surface area contributed by atoms with Crippen LogP contribution in [-0.2, 0) is 0 Å². The van der Waals surface area contributed by atoms with Crippen molar-refractivity contribution in [2.45, 2.75) is 50.2 Å². The van der Waals surface area contributed by atoms with Gasteiger partial charge < -0.3 is 0 Å². The Hall–Kier alpha value is -1.22. The molecule has 1 aliphatic rings. The lowest BCUT2D eigenvalue weighted by molar-refractivity contribution is 0.339. The molecule has 0 aliphatic heterocycles. The zero-order chi connectivity index (χ0) is 17.8. The van der Waals surface area contributed by atoms with Gasteiger partial charge in [0.05, 0.1) is 17.0 Å². The first-order chi connectivity index (χ1) is 12.1. The van der Waals surface area contributed by atoms with Crippen LogP contribution in [0.4, 0.5) is 0 Å². The molecular weight excluding hydrogens is 375 g/mol. The predicted octanol–water partition coefficient (Wildman–Crippen LogP) is 6.01. The number of nitriles is 1. The molecule has 0 amide bonds. The number of rotatable bonds is 5. The Balaban J connectivity index is 1.99. The topological polar surface area (TPSA) is 54.5 Å². The normalized spacial score (nSPS) is 16.6. The number of thioether (sulfide) groups is 1. The van der Waals surface area contributed by atoms with Gasteiger partial charge >= 0.3 is 0 Å². The zero-order valence-electron chi connectivity index (χ0n) is 14.1. The monoisotopic (exact) mass is 394 g/mol. The van der Waals surface area contributed by atoms with E-state index >= 15 is 0 Å². The highest BCUT2D eigenvalue weighted by Gasteiger charge is 2.25. The van der Waals surface area contributed by atoms with Crippen molar-refractivity contribution < 1.29 is 0 Å². The van der Waals surface area contributed by atoms with Crippen molar-refractivity contribution >= 4 is 35.0 Å². The van der Waals surface area contributed by atoms with Gasteiger partial charge in [-0.05, 0) is 38.0 Å². The van der Waals surface area contributed by atoms with Gasteiger partial charge in [-0.15, -0.1) is 10.2 Å². The molecule has 1 unspecified atom stereocenters. The molecule has 1 heterocycles. The first-order valence-electron chi connectivity index (χ1n) is 8.53. The molecule has 1 aliphatic carbocycles. The molecule has 0 radical (unpaired) electrons. The van der Waals surface area contributed by atoms with E-state index in [4.69, 9.17) is 28.5 Å². The Labute approximate surface area is 162 Å². The second kappa shape index (κ2) is 8.44. The van der Waals surface area contributed by atoms with Gasteiger partial charge in [-0.3, -0.25) is 4.57 Å². The van der Waals surface area contributed by atoms with E-state index in [1.54, 1.807) is 17.8 Å². The fraction of sp³-hybridized carbons (Fsp3) is 0.500. The minimum absolute atomic E-state index is 0.0240. The molecule has 0 saturated heterocycles. The fourth-order valence-electron chi connectivity index (χ4n) is 3.14. The molecule has 132 valence electrons. The van der Waals surface area contributed by atoms with Crippen molar-refractivity contribution in [3.05, 3.63) is 28.2 Å². The minimum Gasteiger partial charge on any atom is -0.299 e. The third kappa shape index (κ3) is 4.31. The first-order valence-corrected chi connectivity index (χ1v) is 10.3. The summed E-state index contributed by atoms with van der Waals surface area (Å²) < 4.78 is 2.23. The van der Waals surface area contributed by atoms with Crippen LogP contribution in [0.15, 0.2) is 23.4 Å². The molecule has 1 fully saturated rings. The van der Waals surface area contributed by atoms with E-state index in [1.165, 1.54) is 19.3 Å². The summed E-state index contributed by atoms with van der Waals surface area (Å²) in [4.78, 5) is 0. The highest BCUT2D eigenvalue weighted by Crippen LogP contribution is 2.38. The van der Waals surface area contributed by atoms with E-state index in [0.29, 0.717) is 21.8 Å². The van der Waals surface area contributed by atoms with Crippen LogP contribution in [0.5, 0.6) is 0 Å². The van der Waals surface area contributed by atoms with Crippen molar-refractivity contribution in [1.82, 2.24) is 14.8 Å². The third-order valence-electron chi connectivity index (χ3n) is 4.46. The quantitative estimate of drug-likeness (QED) is 0.582. The van der Waals surface area contributed by atoms with Crippen molar-refractivity contribution in [2.24, 2.45) is 5.92 Å². The standard InChI is InChI=1S/C18H20Cl2N4S/c1-12(10-21)11-25-18-23-22-17(15-8-7-13(19)9-16(15)20)24(18)14-5-3-2-4-6-14/h7-9,12,14H,2-6,11H2,1H3. The van der Waals surface area contributed by atoms with Gasteiger partial charge in [0, 0.05) is 22.4 Å². The lowest BCUT2D eigenvalue weighted by Gasteiger charge is -2.26. The molecule has 1 atom stereocenters. The SMILES string of the molecule is CC(C#N)CSc1nnc(-c2ccc(Cl)cc2Cl)n1C1CCCCC1. The van der Waals surface area contributed by atoms with Gasteiger partial charge in [-0.2, -0.15) is 5.26 Å². The summed E-state index contributed by atoms with van der Waals surface area (Å²) in [6.45, 7) is 1.92.